The summed E-state index contributed by atoms with van der Waals surface area (Å²) in [6, 6.07) is 4.55. The smallest absolute Gasteiger partial charge is 0.231 e. The molecule has 0 saturated heterocycles. The number of hydrogen-bond acceptors (Lipinski definition) is 11. The molecule has 1 amide bonds. The monoisotopic (exact) mass is 633 g/mol. The van der Waals surface area contributed by atoms with Gasteiger partial charge in [-0.1, -0.05) is 18.5 Å². The molecular weight excluding hydrogens is 598 g/mol. The Morgan fingerprint density at radius 1 is 1.02 bits per heavy atom. The number of ketones is 2. The Morgan fingerprint density at radius 2 is 1.61 bits per heavy atom. The van der Waals surface area contributed by atoms with Gasteiger partial charge >= 0.3 is 0 Å². The molecule has 2 aromatic rings. The summed E-state index contributed by atoms with van der Waals surface area (Å²) in [5.74, 6) is -3.29. The van der Waals surface area contributed by atoms with Gasteiger partial charge in [0.15, 0.2) is 28.8 Å². The number of amides is 1. The van der Waals surface area contributed by atoms with E-state index in [2.05, 4.69) is 5.32 Å². The molecule has 4 rings (SSSR count). The molecule has 1 aliphatic carbocycles. The van der Waals surface area contributed by atoms with Crippen LogP contribution in [-0.4, -0.2) is 81.5 Å². The lowest BCUT2D eigenvalue weighted by Crippen LogP contribution is -2.53. The fourth-order valence-electron chi connectivity index (χ4n) is 5.75. The maximum atomic E-state index is 14.2. The van der Waals surface area contributed by atoms with E-state index < -0.39 is 46.8 Å². The first-order valence-corrected chi connectivity index (χ1v) is 14.2. The molecule has 238 valence electrons. The second-order valence-electron chi connectivity index (χ2n) is 10.6. The number of aliphatic hydroxyl groups is 2. The first kappa shape index (κ1) is 32.7. The lowest BCUT2D eigenvalue weighted by atomic mass is 9.69. The molecule has 44 heavy (non-hydrogen) atoms. The predicted octanol–water partition coefficient (Wildman–Crippen LogP) is 3.79. The van der Waals surface area contributed by atoms with Gasteiger partial charge in [0, 0.05) is 42.9 Å². The van der Waals surface area contributed by atoms with Crippen LogP contribution in [0.3, 0.4) is 0 Å². The molecule has 12 nitrogen and oxygen atoms in total. The van der Waals surface area contributed by atoms with Crippen LogP contribution in [0.5, 0.6) is 34.5 Å². The van der Waals surface area contributed by atoms with Gasteiger partial charge in [-0.25, -0.2) is 0 Å². The van der Waals surface area contributed by atoms with Gasteiger partial charge in [-0.3, -0.25) is 14.4 Å². The highest BCUT2D eigenvalue weighted by molar-refractivity contribution is 6.35. The highest BCUT2D eigenvalue weighted by Crippen LogP contribution is 2.56. The highest BCUT2D eigenvalue weighted by Gasteiger charge is 2.61. The fraction of sp³-hybridized carbons (Fsp3) is 0.452. The summed E-state index contributed by atoms with van der Waals surface area (Å²) in [5.41, 5.74) is -1.91. The van der Waals surface area contributed by atoms with Gasteiger partial charge in [-0.05, 0) is 24.6 Å². The molecule has 1 spiro atoms. The van der Waals surface area contributed by atoms with Gasteiger partial charge in [0.1, 0.15) is 22.1 Å². The van der Waals surface area contributed by atoms with Crippen LogP contribution >= 0.6 is 11.6 Å². The van der Waals surface area contributed by atoms with Crippen LogP contribution in [0.1, 0.15) is 48.5 Å². The number of aliphatic hydroxyl groups excluding tert-OH is 2. The lowest BCUT2D eigenvalue weighted by molar-refractivity contribution is -0.122. The minimum absolute atomic E-state index is 0.00865. The fourth-order valence-corrected chi connectivity index (χ4v) is 6.01. The van der Waals surface area contributed by atoms with Crippen LogP contribution in [0.15, 0.2) is 29.5 Å². The van der Waals surface area contributed by atoms with E-state index in [4.69, 9.17) is 40.0 Å². The zero-order valence-electron chi connectivity index (χ0n) is 25.5. The molecule has 1 heterocycles. The first-order chi connectivity index (χ1) is 20.9. The summed E-state index contributed by atoms with van der Waals surface area (Å²) in [7, 11) is 7.01. The summed E-state index contributed by atoms with van der Waals surface area (Å²) < 4.78 is 33.5. The number of benzene rings is 2. The number of fused-ring (bicyclic) bond motifs is 1. The Kier molecular flexibility index (Phi) is 9.55. The summed E-state index contributed by atoms with van der Waals surface area (Å²) >= 11 is 6.56. The summed E-state index contributed by atoms with van der Waals surface area (Å²) in [4.78, 5) is 41.2. The molecule has 2 aromatic carbocycles. The molecule has 1 aliphatic heterocycles. The third-order valence-corrected chi connectivity index (χ3v) is 8.29. The Hall–Kier alpha value is -4.16. The third-order valence-electron chi connectivity index (χ3n) is 7.93. The maximum Gasteiger partial charge on any atom is 0.231 e. The van der Waals surface area contributed by atoms with Gasteiger partial charge in [-0.2, -0.15) is 0 Å². The number of carbonyl (C=O) groups is 3. The van der Waals surface area contributed by atoms with Gasteiger partial charge in [0.05, 0.1) is 41.7 Å². The normalized spacial score (nSPS) is 20.5. The van der Waals surface area contributed by atoms with Crippen molar-refractivity contribution in [3.63, 3.8) is 0 Å². The van der Waals surface area contributed by atoms with E-state index in [0.717, 1.165) is 0 Å². The van der Waals surface area contributed by atoms with Gasteiger partial charge in [0.2, 0.25) is 23.0 Å². The van der Waals surface area contributed by atoms with Gasteiger partial charge in [-0.15, -0.1) is 0 Å². The SMILES string of the molecule is COc1cc(OC)c2c(c1Cl)O[C@]1(C2=O)C(O)=C(C(CC(=O)NC[C@@H](C)O)c2cc(OC)c(OC)c(OC)c2)C(=O)C[C@H]1C. The Labute approximate surface area is 259 Å². The number of ether oxygens (including phenoxy) is 6. The Balaban J connectivity index is 1.97. The molecule has 2 aliphatic rings. The van der Waals surface area contributed by atoms with E-state index >= 15 is 0 Å². The molecule has 3 N–H and O–H groups in total. The second-order valence-corrected chi connectivity index (χ2v) is 11.0. The van der Waals surface area contributed by atoms with Crippen molar-refractivity contribution in [2.24, 2.45) is 5.92 Å². The van der Waals surface area contributed by atoms with Crippen LogP contribution in [0.4, 0.5) is 0 Å². The van der Waals surface area contributed by atoms with Gasteiger partial charge < -0.3 is 44.0 Å². The zero-order valence-corrected chi connectivity index (χ0v) is 26.3. The molecule has 1 unspecified atom stereocenters. The van der Waals surface area contributed by atoms with E-state index in [-0.39, 0.29) is 70.0 Å². The molecule has 4 atom stereocenters. The quantitative estimate of drug-likeness (QED) is 0.330. The molecule has 0 bridgehead atoms. The van der Waals surface area contributed by atoms with Crippen molar-refractivity contribution >= 4 is 29.1 Å². The van der Waals surface area contributed by atoms with Crippen LogP contribution in [0, 0.1) is 5.92 Å². The predicted molar refractivity (Wildman–Crippen MR) is 159 cm³/mol. The topological polar surface area (TPSA) is 159 Å². The van der Waals surface area contributed by atoms with Crippen molar-refractivity contribution in [3.8, 4) is 34.5 Å². The van der Waals surface area contributed by atoms with Crippen molar-refractivity contribution in [1.29, 1.82) is 0 Å². The second kappa shape index (κ2) is 12.8. The van der Waals surface area contributed by atoms with Crippen LogP contribution in [0.25, 0.3) is 0 Å². The number of halogens is 1. The number of nitrogens with one attached hydrogen (secondary N) is 1. The first-order valence-electron chi connectivity index (χ1n) is 13.8. The molecule has 13 heteroatoms. The van der Waals surface area contributed by atoms with Crippen molar-refractivity contribution in [2.75, 3.05) is 42.1 Å². The van der Waals surface area contributed by atoms with Crippen LogP contribution < -0.4 is 33.7 Å². The lowest BCUT2D eigenvalue weighted by Gasteiger charge is -2.38. The number of hydrogen-bond donors (Lipinski definition) is 3. The summed E-state index contributed by atoms with van der Waals surface area (Å²) in [6.45, 7) is 3.07. The maximum absolute atomic E-state index is 14.2. The van der Waals surface area contributed by atoms with Gasteiger partial charge in [0.25, 0.3) is 0 Å². The number of Topliss-reactive ketones (excluding diaryl/α,β-unsaturated/α-hetero) is 2. The highest BCUT2D eigenvalue weighted by atomic mass is 35.5. The number of carbonyl (C=O) groups excluding carboxylic acids is 3. The number of methoxy groups -OCH3 is 5. The van der Waals surface area contributed by atoms with Crippen molar-refractivity contribution < 1.29 is 53.0 Å². The average molecular weight is 634 g/mol. The molecular formula is C31H36ClNO11. The Bertz CT molecular complexity index is 1490. The minimum atomic E-state index is -2.05. The number of rotatable bonds is 11. The average Bonchev–Trinajstić information content (AvgIpc) is 3.32. The largest absolute Gasteiger partial charge is 0.507 e. The van der Waals surface area contributed by atoms with E-state index in [0.29, 0.717) is 5.56 Å². The van der Waals surface area contributed by atoms with E-state index in [1.807, 2.05) is 0 Å². The van der Waals surface area contributed by atoms with Crippen LogP contribution in [-0.2, 0) is 9.59 Å². The van der Waals surface area contributed by atoms with Crippen molar-refractivity contribution in [1.82, 2.24) is 5.32 Å². The van der Waals surface area contributed by atoms with E-state index in [1.165, 1.54) is 48.5 Å². The molecule has 0 radical (unpaired) electrons. The van der Waals surface area contributed by atoms with Crippen LogP contribution in [0.2, 0.25) is 5.02 Å². The van der Waals surface area contributed by atoms with Crippen molar-refractivity contribution in [3.05, 3.63) is 45.7 Å². The summed E-state index contributed by atoms with van der Waals surface area (Å²) in [5, 5.41) is 24.4. The van der Waals surface area contributed by atoms with E-state index in [9.17, 15) is 24.6 Å². The zero-order chi connectivity index (χ0) is 32.5. The molecule has 0 saturated carbocycles. The summed E-state index contributed by atoms with van der Waals surface area (Å²) in [6.07, 6.45) is -1.38. The number of allylic oxidation sites excluding steroid dienone is 1. The van der Waals surface area contributed by atoms with Crippen molar-refractivity contribution in [2.45, 2.75) is 44.3 Å². The third kappa shape index (κ3) is 5.36. The van der Waals surface area contributed by atoms with E-state index in [1.54, 1.807) is 19.1 Å². The Morgan fingerprint density at radius 3 is 2.14 bits per heavy atom. The standard InChI is InChI=1S/C31H36ClNO11/c1-14-8-18(35)24(29(37)31(14)30(38)25-19(39-3)12-20(40-4)26(32)28(25)44-31)17(11-23(36)33-13-15(2)34)16-9-21(41-5)27(43-7)22(10-16)42-6/h9-10,12,14-15,17,34,37H,8,11,13H2,1-7H3,(H,33,36)/t14-,15-,17?,31+/m1/s1. The molecule has 0 fully saturated rings. The molecule has 0 aromatic heterocycles. The minimum Gasteiger partial charge on any atom is -0.507 e.